The van der Waals surface area contributed by atoms with Crippen molar-refractivity contribution in [1.29, 1.82) is 0 Å². The third-order valence-corrected chi connectivity index (χ3v) is 3.48. The van der Waals surface area contributed by atoms with Gasteiger partial charge in [-0.25, -0.2) is 0 Å². The third-order valence-electron chi connectivity index (χ3n) is 2.97. The Kier molecular flexibility index (Phi) is 5.48. The minimum Gasteiger partial charge on any atom is -0.397 e. The van der Waals surface area contributed by atoms with E-state index in [0.717, 1.165) is 12.8 Å². The van der Waals surface area contributed by atoms with Gasteiger partial charge >= 0.3 is 0 Å². The van der Waals surface area contributed by atoms with Gasteiger partial charge in [-0.2, -0.15) is 0 Å². The summed E-state index contributed by atoms with van der Waals surface area (Å²) in [4.78, 5) is 11.8. The zero-order valence-electron chi connectivity index (χ0n) is 10.8. The van der Waals surface area contributed by atoms with Crippen molar-refractivity contribution in [2.24, 2.45) is 0 Å². The Morgan fingerprint density at radius 1 is 1.40 bits per heavy atom. The summed E-state index contributed by atoms with van der Waals surface area (Å²) in [6.45, 7) is 1.30. The molecule has 0 aliphatic carbocycles. The van der Waals surface area contributed by atoms with Crippen LogP contribution in [0.5, 0.6) is 0 Å². The summed E-state index contributed by atoms with van der Waals surface area (Å²) in [5, 5.41) is 3.36. The van der Waals surface area contributed by atoms with E-state index >= 15 is 0 Å². The molecular formula is C13H16Cl2N2O3. The number of carbonyl (C=O) groups excluding carboxylic acids is 1. The Hall–Kier alpha value is -1.01. The molecule has 1 saturated heterocycles. The Labute approximate surface area is 127 Å². The number of nitrogens with one attached hydrogen (secondary N) is 1. The second-order valence-corrected chi connectivity index (χ2v) is 5.37. The van der Waals surface area contributed by atoms with Crippen LogP contribution in [0.2, 0.25) is 10.0 Å². The highest BCUT2D eigenvalue weighted by molar-refractivity contribution is 6.37. The van der Waals surface area contributed by atoms with Crippen molar-refractivity contribution >= 4 is 40.5 Å². The second kappa shape index (κ2) is 7.13. The molecule has 0 saturated carbocycles. The van der Waals surface area contributed by atoms with Crippen molar-refractivity contribution in [3.8, 4) is 0 Å². The van der Waals surface area contributed by atoms with E-state index in [1.807, 2.05) is 0 Å². The van der Waals surface area contributed by atoms with Crippen molar-refractivity contribution in [3.05, 3.63) is 22.2 Å². The number of carbonyl (C=O) groups is 1. The first kappa shape index (κ1) is 15.4. The maximum Gasteiger partial charge on any atom is 0.250 e. The van der Waals surface area contributed by atoms with Gasteiger partial charge in [0.2, 0.25) is 5.91 Å². The topological polar surface area (TPSA) is 73.6 Å². The number of rotatable bonds is 4. The molecule has 1 aliphatic heterocycles. The van der Waals surface area contributed by atoms with Gasteiger partial charge in [-0.3, -0.25) is 4.79 Å². The molecule has 3 N–H and O–H groups in total. The molecule has 5 nitrogen and oxygen atoms in total. The molecule has 0 spiro atoms. The van der Waals surface area contributed by atoms with Crippen LogP contribution in [0.3, 0.4) is 0 Å². The Balaban J connectivity index is 1.88. The van der Waals surface area contributed by atoms with Gasteiger partial charge in [0.15, 0.2) is 0 Å². The lowest BCUT2D eigenvalue weighted by Gasteiger charge is -2.22. The van der Waals surface area contributed by atoms with E-state index in [-0.39, 0.29) is 18.6 Å². The number of amides is 1. The smallest absolute Gasteiger partial charge is 0.250 e. The van der Waals surface area contributed by atoms with Gasteiger partial charge in [0.1, 0.15) is 6.61 Å². The summed E-state index contributed by atoms with van der Waals surface area (Å²) in [6, 6.07) is 3.05. The predicted molar refractivity (Wildman–Crippen MR) is 79.3 cm³/mol. The average Bonchev–Trinajstić information content (AvgIpc) is 2.42. The summed E-state index contributed by atoms with van der Waals surface area (Å²) in [5.41, 5.74) is 6.45. The molecule has 1 aromatic carbocycles. The first-order valence-electron chi connectivity index (χ1n) is 6.30. The molecule has 1 fully saturated rings. The fourth-order valence-electron chi connectivity index (χ4n) is 1.94. The van der Waals surface area contributed by atoms with Crippen LogP contribution >= 0.6 is 23.2 Å². The van der Waals surface area contributed by atoms with Crippen LogP contribution in [-0.2, 0) is 14.3 Å². The monoisotopic (exact) mass is 318 g/mol. The van der Waals surface area contributed by atoms with Crippen LogP contribution < -0.4 is 11.1 Å². The minimum atomic E-state index is -0.299. The lowest BCUT2D eigenvalue weighted by atomic mass is 10.1. The third kappa shape index (κ3) is 4.24. The van der Waals surface area contributed by atoms with Gasteiger partial charge < -0.3 is 20.5 Å². The molecule has 1 amide bonds. The molecule has 0 unspecified atom stereocenters. The van der Waals surface area contributed by atoms with E-state index in [9.17, 15) is 4.79 Å². The number of nitrogen functional groups attached to an aromatic ring is 1. The van der Waals surface area contributed by atoms with Crippen LogP contribution in [0.25, 0.3) is 0 Å². The Bertz CT molecular complexity index is 467. The summed E-state index contributed by atoms with van der Waals surface area (Å²) in [7, 11) is 0. The van der Waals surface area contributed by atoms with Crippen LogP contribution in [-0.4, -0.2) is 31.8 Å². The molecule has 1 aromatic rings. The molecule has 20 heavy (non-hydrogen) atoms. The largest absolute Gasteiger partial charge is 0.397 e. The fourth-order valence-corrected chi connectivity index (χ4v) is 2.49. The SMILES string of the molecule is Nc1cc(Cl)cc(Cl)c1NC(=O)COC1CCOCC1. The van der Waals surface area contributed by atoms with E-state index in [2.05, 4.69) is 5.32 Å². The molecule has 1 heterocycles. The Morgan fingerprint density at radius 2 is 2.10 bits per heavy atom. The molecule has 0 bridgehead atoms. The molecule has 0 radical (unpaired) electrons. The van der Waals surface area contributed by atoms with E-state index in [1.165, 1.54) is 12.1 Å². The highest BCUT2D eigenvalue weighted by Gasteiger charge is 2.16. The summed E-state index contributed by atoms with van der Waals surface area (Å²) < 4.78 is 10.7. The molecule has 2 rings (SSSR count). The second-order valence-electron chi connectivity index (χ2n) is 4.52. The number of nitrogens with two attached hydrogens (primary N) is 1. The van der Waals surface area contributed by atoms with Crippen molar-refractivity contribution in [2.45, 2.75) is 18.9 Å². The first-order valence-corrected chi connectivity index (χ1v) is 7.05. The molecule has 7 heteroatoms. The Morgan fingerprint density at radius 3 is 2.75 bits per heavy atom. The molecule has 110 valence electrons. The maximum absolute atomic E-state index is 11.8. The maximum atomic E-state index is 11.8. The van der Waals surface area contributed by atoms with Crippen LogP contribution in [0.1, 0.15) is 12.8 Å². The minimum absolute atomic E-state index is 0.0386. The number of halogens is 2. The quantitative estimate of drug-likeness (QED) is 0.837. The fraction of sp³-hybridized carbons (Fsp3) is 0.462. The van der Waals surface area contributed by atoms with E-state index in [1.54, 1.807) is 0 Å². The van der Waals surface area contributed by atoms with E-state index < -0.39 is 0 Å². The highest BCUT2D eigenvalue weighted by Crippen LogP contribution is 2.31. The van der Waals surface area contributed by atoms with Crippen LogP contribution in [0, 0.1) is 0 Å². The number of hydrogen-bond acceptors (Lipinski definition) is 4. The van der Waals surface area contributed by atoms with Crippen molar-refractivity contribution in [3.63, 3.8) is 0 Å². The number of ether oxygens (including phenoxy) is 2. The number of benzene rings is 1. The van der Waals surface area contributed by atoms with Crippen LogP contribution in [0.15, 0.2) is 12.1 Å². The lowest BCUT2D eigenvalue weighted by Crippen LogP contribution is -2.28. The van der Waals surface area contributed by atoms with Crippen molar-refractivity contribution in [1.82, 2.24) is 0 Å². The number of hydrogen-bond donors (Lipinski definition) is 2. The normalized spacial score (nSPS) is 16.1. The zero-order valence-corrected chi connectivity index (χ0v) is 12.3. The average molecular weight is 319 g/mol. The zero-order chi connectivity index (χ0) is 14.5. The van der Waals surface area contributed by atoms with Gasteiger partial charge in [0.05, 0.1) is 22.5 Å². The highest BCUT2D eigenvalue weighted by atomic mass is 35.5. The van der Waals surface area contributed by atoms with Gasteiger partial charge in [-0.15, -0.1) is 0 Å². The van der Waals surface area contributed by atoms with Gasteiger partial charge in [0.25, 0.3) is 0 Å². The summed E-state index contributed by atoms with van der Waals surface area (Å²) in [5.74, 6) is -0.299. The van der Waals surface area contributed by atoms with Gasteiger partial charge in [-0.05, 0) is 25.0 Å². The predicted octanol–water partition coefficient (Wildman–Crippen LogP) is 2.71. The van der Waals surface area contributed by atoms with Crippen molar-refractivity contribution < 1.29 is 14.3 Å². The molecule has 0 aromatic heterocycles. The van der Waals surface area contributed by atoms with E-state index in [4.69, 9.17) is 38.4 Å². The number of anilines is 2. The summed E-state index contributed by atoms with van der Waals surface area (Å²) >= 11 is 11.8. The van der Waals surface area contributed by atoms with Gasteiger partial charge in [0, 0.05) is 18.2 Å². The van der Waals surface area contributed by atoms with E-state index in [0.29, 0.717) is 34.6 Å². The summed E-state index contributed by atoms with van der Waals surface area (Å²) in [6.07, 6.45) is 1.67. The standard InChI is InChI=1S/C13H16Cl2N2O3/c14-8-5-10(15)13(11(16)6-8)17-12(18)7-20-9-1-3-19-4-2-9/h5-6,9H,1-4,7,16H2,(H,17,18). The van der Waals surface area contributed by atoms with Crippen molar-refractivity contribution in [2.75, 3.05) is 30.9 Å². The first-order chi connectivity index (χ1) is 9.56. The van der Waals surface area contributed by atoms with Crippen LogP contribution in [0.4, 0.5) is 11.4 Å². The molecule has 1 aliphatic rings. The molecular weight excluding hydrogens is 303 g/mol. The van der Waals surface area contributed by atoms with Gasteiger partial charge in [-0.1, -0.05) is 23.2 Å². The lowest BCUT2D eigenvalue weighted by molar-refractivity contribution is -0.124. The molecule has 0 atom stereocenters.